The Morgan fingerprint density at radius 1 is 1.53 bits per heavy atom. The van der Waals surface area contributed by atoms with Crippen LogP contribution < -0.4 is 5.32 Å². The van der Waals surface area contributed by atoms with Crippen LogP contribution >= 0.6 is 0 Å². The van der Waals surface area contributed by atoms with Crippen LogP contribution in [0.2, 0.25) is 0 Å². The van der Waals surface area contributed by atoms with Gasteiger partial charge in [0.15, 0.2) is 0 Å². The summed E-state index contributed by atoms with van der Waals surface area (Å²) in [6, 6.07) is 2.04. The summed E-state index contributed by atoms with van der Waals surface area (Å²) < 4.78 is 7.43. The first-order valence-corrected chi connectivity index (χ1v) is 5.57. The number of ether oxygens (including phenoxy) is 1. The summed E-state index contributed by atoms with van der Waals surface area (Å²) >= 11 is 0. The summed E-state index contributed by atoms with van der Waals surface area (Å²) in [5, 5.41) is 7.54. The summed E-state index contributed by atoms with van der Waals surface area (Å²) in [6.07, 6.45) is 2.15. The fraction of sp³-hybridized carbons (Fsp3) is 0.727. The average Bonchev–Trinajstić information content (AvgIpc) is 2.64. The van der Waals surface area contributed by atoms with E-state index in [9.17, 15) is 0 Å². The van der Waals surface area contributed by atoms with Crippen molar-refractivity contribution < 1.29 is 4.74 Å². The quantitative estimate of drug-likeness (QED) is 0.693. The molecule has 1 aromatic heterocycles. The monoisotopic (exact) mass is 211 g/mol. The number of hydrogen-bond donors (Lipinski definition) is 1. The summed E-state index contributed by atoms with van der Waals surface area (Å²) in [7, 11) is 0. The smallest absolute Gasteiger partial charge is 0.0594 e. The highest BCUT2D eigenvalue weighted by molar-refractivity contribution is 4.99. The summed E-state index contributed by atoms with van der Waals surface area (Å²) in [5.41, 5.74) is 1.22. The van der Waals surface area contributed by atoms with E-state index in [1.807, 2.05) is 30.8 Å². The molecule has 1 rings (SSSR count). The highest BCUT2D eigenvalue weighted by Gasteiger charge is 1.99. The first kappa shape index (κ1) is 12.2. The van der Waals surface area contributed by atoms with Crippen molar-refractivity contribution in [2.24, 2.45) is 0 Å². The SMILES string of the molecule is CCn1nccc1CNCCOC(C)C. The van der Waals surface area contributed by atoms with Crippen LogP contribution in [0.15, 0.2) is 12.3 Å². The van der Waals surface area contributed by atoms with Crippen LogP contribution in [0, 0.1) is 0 Å². The number of aromatic nitrogens is 2. The number of nitrogens with one attached hydrogen (secondary N) is 1. The first-order chi connectivity index (χ1) is 7.24. The van der Waals surface area contributed by atoms with Crippen LogP contribution in [-0.4, -0.2) is 29.0 Å². The molecule has 0 fully saturated rings. The van der Waals surface area contributed by atoms with Gasteiger partial charge >= 0.3 is 0 Å². The Morgan fingerprint density at radius 3 is 3.00 bits per heavy atom. The predicted molar refractivity (Wildman–Crippen MR) is 60.7 cm³/mol. The second-order valence-electron chi connectivity index (χ2n) is 3.73. The van der Waals surface area contributed by atoms with Crippen LogP contribution in [0.4, 0.5) is 0 Å². The molecule has 1 aromatic rings. The van der Waals surface area contributed by atoms with Crippen LogP contribution in [0.1, 0.15) is 26.5 Å². The fourth-order valence-corrected chi connectivity index (χ4v) is 1.38. The molecule has 0 saturated carbocycles. The van der Waals surface area contributed by atoms with Crippen molar-refractivity contribution in [3.05, 3.63) is 18.0 Å². The van der Waals surface area contributed by atoms with Crippen LogP contribution in [0.5, 0.6) is 0 Å². The minimum atomic E-state index is 0.313. The average molecular weight is 211 g/mol. The largest absolute Gasteiger partial charge is 0.377 e. The second kappa shape index (κ2) is 6.58. The van der Waals surface area contributed by atoms with Gasteiger partial charge in [-0.05, 0) is 26.8 Å². The molecule has 0 aliphatic heterocycles. The Balaban J connectivity index is 2.15. The Morgan fingerprint density at radius 2 is 2.33 bits per heavy atom. The summed E-state index contributed by atoms with van der Waals surface area (Å²) in [5.74, 6) is 0. The molecule has 0 atom stereocenters. The van der Waals surface area contributed by atoms with Gasteiger partial charge in [-0.2, -0.15) is 5.10 Å². The summed E-state index contributed by atoms with van der Waals surface area (Å²) in [6.45, 7) is 9.61. The Hall–Kier alpha value is -0.870. The van der Waals surface area contributed by atoms with E-state index >= 15 is 0 Å². The van der Waals surface area contributed by atoms with Crippen molar-refractivity contribution in [3.63, 3.8) is 0 Å². The van der Waals surface area contributed by atoms with Gasteiger partial charge in [-0.15, -0.1) is 0 Å². The highest BCUT2D eigenvalue weighted by Crippen LogP contribution is 1.97. The molecule has 0 radical (unpaired) electrons. The first-order valence-electron chi connectivity index (χ1n) is 5.57. The number of aryl methyl sites for hydroxylation is 1. The fourth-order valence-electron chi connectivity index (χ4n) is 1.38. The topological polar surface area (TPSA) is 39.1 Å². The molecule has 0 saturated heterocycles. The minimum absolute atomic E-state index is 0.313. The van der Waals surface area contributed by atoms with E-state index in [-0.39, 0.29) is 0 Å². The molecular weight excluding hydrogens is 190 g/mol. The van der Waals surface area contributed by atoms with E-state index in [0.717, 1.165) is 26.2 Å². The van der Waals surface area contributed by atoms with Gasteiger partial charge in [0, 0.05) is 25.8 Å². The lowest BCUT2D eigenvalue weighted by atomic mass is 10.4. The normalized spacial score (nSPS) is 11.2. The van der Waals surface area contributed by atoms with Gasteiger partial charge in [0.1, 0.15) is 0 Å². The van der Waals surface area contributed by atoms with Gasteiger partial charge in [-0.1, -0.05) is 0 Å². The van der Waals surface area contributed by atoms with Gasteiger partial charge in [0.25, 0.3) is 0 Å². The van der Waals surface area contributed by atoms with Gasteiger partial charge in [0.05, 0.1) is 18.4 Å². The Kier molecular flexibility index (Phi) is 5.36. The lowest BCUT2D eigenvalue weighted by Gasteiger charge is -2.09. The molecular formula is C11H21N3O. The van der Waals surface area contributed by atoms with E-state index < -0.39 is 0 Å². The zero-order chi connectivity index (χ0) is 11.1. The lowest BCUT2D eigenvalue weighted by molar-refractivity contribution is 0.0806. The maximum absolute atomic E-state index is 5.43. The Labute approximate surface area is 91.6 Å². The summed E-state index contributed by atoms with van der Waals surface area (Å²) in [4.78, 5) is 0. The molecule has 0 unspecified atom stereocenters. The molecule has 0 aromatic carbocycles. The van der Waals surface area contributed by atoms with Crippen molar-refractivity contribution in [3.8, 4) is 0 Å². The number of rotatable bonds is 7. The number of nitrogens with zero attached hydrogens (tertiary/aromatic N) is 2. The molecule has 15 heavy (non-hydrogen) atoms. The Bertz CT molecular complexity index is 271. The van der Waals surface area contributed by atoms with E-state index in [2.05, 4.69) is 17.3 Å². The number of hydrogen-bond acceptors (Lipinski definition) is 3. The van der Waals surface area contributed by atoms with E-state index in [0.29, 0.717) is 6.10 Å². The molecule has 86 valence electrons. The molecule has 0 bridgehead atoms. The molecule has 0 aliphatic carbocycles. The third kappa shape index (κ3) is 4.44. The molecule has 0 amide bonds. The standard InChI is InChI=1S/C11H21N3O/c1-4-14-11(5-6-13-14)9-12-7-8-15-10(2)3/h5-6,10,12H,4,7-9H2,1-3H3. The molecule has 0 spiro atoms. The van der Waals surface area contributed by atoms with Crippen molar-refractivity contribution >= 4 is 0 Å². The van der Waals surface area contributed by atoms with Crippen LogP contribution in [-0.2, 0) is 17.8 Å². The van der Waals surface area contributed by atoms with Gasteiger partial charge in [-0.3, -0.25) is 4.68 Å². The van der Waals surface area contributed by atoms with Gasteiger partial charge < -0.3 is 10.1 Å². The second-order valence-corrected chi connectivity index (χ2v) is 3.73. The lowest BCUT2D eigenvalue weighted by Crippen LogP contribution is -2.22. The molecule has 4 nitrogen and oxygen atoms in total. The highest BCUT2D eigenvalue weighted by atomic mass is 16.5. The third-order valence-electron chi connectivity index (χ3n) is 2.14. The van der Waals surface area contributed by atoms with Crippen LogP contribution in [0.25, 0.3) is 0 Å². The van der Waals surface area contributed by atoms with Crippen molar-refractivity contribution in [2.75, 3.05) is 13.2 Å². The maximum Gasteiger partial charge on any atom is 0.0594 e. The zero-order valence-corrected chi connectivity index (χ0v) is 9.86. The van der Waals surface area contributed by atoms with Crippen molar-refractivity contribution in [1.29, 1.82) is 0 Å². The molecule has 0 aliphatic rings. The molecule has 1 heterocycles. The predicted octanol–water partition coefficient (Wildman–Crippen LogP) is 1.42. The van der Waals surface area contributed by atoms with Crippen LogP contribution in [0.3, 0.4) is 0 Å². The minimum Gasteiger partial charge on any atom is -0.377 e. The third-order valence-corrected chi connectivity index (χ3v) is 2.14. The zero-order valence-electron chi connectivity index (χ0n) is 9.86. The van der Waals surface area contributed by atoms with E-state index in [1.54, 1.807) is 0 Å². The molecule has 4 heteroatoms. The van der Waals surface area contributed by atoms with Gasteiger partial charge in [-0.25, -0.2) is 0 Å². The van der Waals surface area contributed by atoms with Crippen molar-refractivity contribution in [1.82, 2.24) is 15.1 Å². The maximum atomic E-state index is 5.43. The van der Waals surface area contributed by atoms with Crippen molar-refractivity contribution in [2.45, 2.75) is 40.0 Å². The molecule has 1 N–H and O–H groups in total. The van der Waals surface area contributed by atoms with Gasteiger partial charge in [0.2, 0.25) is 0 Å². The van der Waals surface area contributed by atoms with E-state index in [4.69, 9.17) is 4.74 Å². The van der Waals surface area contributed by atoms with E-state index in [1.165, 1.54) is 5.69 Å².